The van der Waals surface area contributed by atoms with Crippen LogP contribution in [-0.2, 0) is 17.2 Å². The number of rotatable bonds is 9. The van der Waals surface area contributed by atoms with E-state index in [4.69, 9.17) is 0 Å². The highest BCUT2D eigenvalue weighted by Crippen LogP contribution is 2.20. The van der Waals surface area contributed by atoms with Crippen LogP contribution < -0.4 is 10.6 Å². The van der Waals surface area contributed by atoms with Crippen molar-refractivity contribution in [2.45, 2.75) is 52.2 Å². The largest absolute Gasteiger partial charge is 0.370 e. The van der Waals surface area contributed by atoms with Crippen LogP contribution in [0, 0.1) is 6.92 Å². The van der Waals surface area contributed by atoms with E-state index in [-0.39, 0.29) is 5.25 Å². The first kappa shape index (κ1) is 17.9. The lowest BCUT2D eigenvalue weighted by Crippen LogP contribution is -2.17. The second kappa shape index (κ2) is 8.97. The summed E-state index contributed by atoms with van der Waals surface area (Å²) < 4.78 is 11.4. The van der Waals surface area contributed by atoms with Gasteiger partial charge < -0.3 is 10.6 Å². The highest BCUT2D eigenvalue weighted by Gasteiger charge is 2.11. The van der Waals surface area contributed by atoms with E-state index in [2.05, 4.69) is 34.4 Å². The third-order valence-corrected chi connectivity index (χ3v) is 4.79. The molecule has 6 heteroatoms. The third kappa shape index (κ3) is 5.61. The fraction of sp³-hybridized carbons (Fsp3) is 0.733. The summed E-state index contributed by atoms with van der Waals surface area (Å²) in [7, 11) is -0.774. The molecule has 0 aliphatic carbocycles. The van der Waals surface area contributed by atoms with Crippen molar-refractivity contribution in [1.82, 2.24) is 9.97 Å². The summed E-state index contributed by atoms with van der Waals surface area (Å²) >= 11 is 0. The summed E-state index contributed by atoms with van der Waals surface area (Å²) in [5.74, 6) is 2.66. The second-order valence-corrected chi connectivity index (χ2v) is 7.07. The summed E-state index contributed by atoms with van der Waals surface area (Å²) in [5, 5.41) is 6.86. The quantitative estimate of drug-likeness (QED) is 0.734. The molecule has 0 bridgehead atoms. The first-order valence-corrected chi connectivity index (χ1v) is 9.29. The minimum atomic E-state index is -0.774. The standard InChI is InChI=1S/C15H28N4OS/c1-6-8-13-18-14(16-7-2)12(4)15(19-13)17-10-9-11(3)21(5)20/h11H,6-10H2,1-5H3,(H2,16,17,18,19). The minimum absolute atomic E-state index is 0.197. The van der Waals surface area contributed by atoms with Gasteiger partial charge in [0.15, 0.2) is 0 Å². The molecule has 1 heterocycles. The molecular formula is C15H28N4OS. The Hall–Kier alpha value is -1.17. The van der Waals surface area contributed by atoms with Crippen LogP contribution >= 0.6 is 0 Å². The summed E-state index contributed by atoms with van der Waals surface area (Å²) in [4.78, 5) is 9.18. The molecule has 0 spiro atoms. The molecule has 1 aromatic rings. The molecule has 0 saturated heterocycles. The molecule has 0 amide bonds. The van der Waals surface area contributed by atoms with E-state index in [9.17, 15) is 4.21 Å². The molecular weight excluding hydrogens is 284 g/mol. The summed E-state index contributed by atoms with van der Waals surface area (Å²) in [6.45, 7) is 9.84. The van der Waals surface area contributed by atoms with E-state index >= 15 is 0 Å². The first-order chi connectivity index (χ1) is 9.99. The van der Waals surface area contributed by atoms with Crippen LogP contribution in [-0.4, -0.2) is 38.8 Å². The number of nitrogens with zero attached hydrogens (tertiary/aromatic N) is 2. The number of anilines is 2. The van der Waals surface area contributed by atoms with Gasteiger partial charge in [0.25, 0.3) is 0 Å². The molecule has 1 aromatic heterocycles. The van der Waals surface area contributed by atoms with E-state index in [0.717, 1.165) is 55.4 Å². The zero-order valence-corrected chi connectivity index (χ0v) is 14.6. The molecule has 1 rings (SSSR count). The number of aryl methyl sites for hydroxylation is 1. The number of hydrogen-bond donors (Lipinski definition) is 2. The Morgan fingerprint density at radius 2 is 1.81 bits per heavy atom. The summed E-state index contributed by atoms with van der Waals surface area (Å²) in [6.07, 6.45) is 4.53. The molecule has 120 valence electrons. The van der Waals surface area contributed by atoms with Gasteiger partial charge in [-0.1, -0.05) is 13.8 Å². The maximum Gasteiger partial charge on any atom is 0.134 e. The maximum absolute atomic E-state index is 11.4. The lowest BCUT2D eigenvalue weighted by molar-refractivity contribution is 0.672. The van der Waals surface area contributed by atoms with Gasteiger partial charge in [-0.05, 0) is 26.7 Å². The predicted octanol–water partition coefficient (Wildman–Crippen LogP) is 2.74. The van der Waals surface area contributed by atoms with Crippen molar-refractivity contribution < 1.29 is 4.21 Å². The van der Waals surface area contributed by atoms with Gasteiger partial charge in [0, 0.05) is 47.4 Å². The molecule has 0 aromatic carbocycles. The van der Waals surface area contributed by atoms with E-state index in [1.807, 2.05) is 13.8 Å². The normalized spacial score (nSPS) is 13.8. The molecule has 0 radical (unpaired) electrons. The van der Waals surface area contributed by atoms with Gasteiger partial charge in [-0.2, -0.15) is 0 Å². The van der Waals surface area contributed by atoms with Crippen LogP contribution in [0.25, 0.3) is 0 Å². The minimum Gasteiger partial charge on any atom is -0.370 e. The Labute approximate surface area is 130 Å². The molecule has 2 atom stereocenters. The van der Waals surface area contributed by atoms with Gasteiger partial charge in [-0.15, -0.1) is 0 Å². The van der Waals surface area contributed by atoms with E-state index < -0.39 is 10.8 Å². The molecule has 21 heavy (non-hydrogen) atoms. The lowest BCUT2D eigenvalue weighted by atomic mass is 10.2. The molecule has 5 nitrogen and oxygen atoms in total. The van der Waals surface area contributed by atoms with Crippen LogP contribution in [0.5, 0.6) is 0 Å². The van der Waals surface area contributed by atoms with Crippen molar-refractivity contribution >= 4 is 22.4 Å². The Morgan fingerprint density at radius 3 is 2.33 bits per heavy atom. The smallest absolute Gasteiger partial charge is 0.134 e. The molecule has 0 aliphatic heterocycles. The molecule has 2 unspecified atom stereocenters. The highest BCUT2D eigenvalue weighted by atomic mass is 32.2. The average molecular weight is 312 g/mol. The van der Waals surface area contributed by atoms with Crippen molar-refractivity contribution in [3.05, 3.63) is 11.4 Å². The molecule has 2 N–H and O–H groups in total. The number of nitrogens with one attached hydrogen (secondary N) is 2. The first-order valence-electron chi connectivity index (χ1n) is 7.67. The zero-order chi connectivity index (χ0) is 15.8. The SMILES string of the molecule is CCCc1nc(NCC)c(C)c(NCCC(C)S(C)=O)n1. The van der Waals surface area contributed by atoms with Crippen molar-refractivity contribution in [1.29, 1.82) is 0 Å². The van der Waals surface area contributed by atoms with Crippen LogP contribution in [0.4, 0.5) is 11.6 Å². The van der Waals surface area contributed by atoms with E-state index in [0.29, 0.717) is 0 Å². The van der Waals surface area contributed by atoms with Gasteiger partial charge in [0.1, 0.15) is 17.5 Å². The Bertz CT molecular complexity index is 479. The molecule has 0 saturated carbocycles. The fourth-order valence-corrected chi connectivity index (χ4v) is 2.42. The van der Waals surface area contributed by atoms with Crippen LogP contribution in [0.15, 0.2) is 0 Å². The van der Waals surface area contributed by atoms with E-state index in [1.54, 1.807) is 6.26 Å². The maximum atomic E-state index is 11.4. The Morgan fingerprint density at radius 1 is 1.19 bits per heavy atom. The van der Waals surface area contributed by atoms with Gasteiger partial charge in [-0.25, -0.2) is 9.97 Å². The van der Waals surface area contributed by atoms with Crippen molar-refractivity contribution in [3.63, 3.8) is 0 Å². The highest BCUT2D eigenvalue weighted by molar-refractivity contribution is 7.84. The van der Waals surface area contributed by atoms with Gasteiger partial charge >= 0.3 is 0 Å². The van der Waals surface area contributed by atoms with Gasteiger partial charge in [-0.3, -0.25) is 4.21 Å². The average Bonchev–Trinajstić information content (AvgIpc) is 2.43. The van der Waals surface area contributed by atoms with Gasteiger partial charge in [0.05, 0.1) is 0 Å². The number of aromatic nitrogens is 2. The summed E-state index contributed by atoms with van der Waals surface area (Å²) in [5.41, 5.74) is 1.04. The van der Waals surface area contributed by atoms with Crippen LogP contribution in [0.1, 0.15) is 45.0 Å². The Balaban J connectivity index is 2.81. The predicted molar refractivity (Wildman–Crippen MR) is 91.6 cm³/mol. The second-order valence-electron chi connectivity index (χ2n) is 5.27. The summed E-state index contributed by atoms with van der Waals surface area (Å²) in [6, 6.07) is 0. The molecule has 0 aliphatic rings. The van der Waals surface area contributed by atoms with E-state index in [1.165, 1.54) is 0 Å². The zero-order valence-electron chi connectivity index (χ0n) is 13.8. The van der Waals surface area contributed by atoms with Crippen LogP contribution in [0.2, 0.25) is 0 Å². The topological polar surface area (TPSA) is 66.9 Å². The van der Waals surface area contributed by atoms with Crippen molar-refractivity contribution in [2.24, 2.45) is 0 Å². The third-order valence-electron chi connectivity index (χ3n) is 3.42. The fourth-order valence-electron chi connectivity index (χ4n) is 1.97. The molecule has 0 fully saturated rings. The lowest BCUT2D eigenvalue weighted by Gasteiger charge is -2.15. The number of hydrogen-bond acceptors (Lipinski definition) is 5. The Kier molecular flexibility index (Phi) is 7.64. The van der Waals surface area contributed by atoms with Gasteiger partial charge in [0.2, 0.25) is 0 Å². The van der Waals surface area contributed by atoms with Crippen LogP contribution in [0.3, 0.4) is 0 Å². The monoisotopic (exact) mass is 312 g/mol. The van der Waals surface area contributed by atoms with Crippen molar-refractivity contribution in [3.8, 4) is 0 Å². The van der Waals surface area contributed by atoms with Crippen molar-refractivity contribution in [2.75, 3.05) is 30.0 Å².